The fourth-order valence-corrected chi connectivity index (χ4v) is 2.85. The average Bonchev–Trinajstić information content (AvgIpc) is 2.92. The molecule has 0 saturated carbocycles. The summed E-state index contributed by atoms with van der Waals surface area (Å²) < 4.78 is 5.27. The Morgan fingerprint density at radius 1 is 1.43 bits per heavy atom. The molecule has 1 heterocycles. The van der Waals surface area contributed by atoms with Crippen molar-refractivity contribution in [3.8, 4) is 5.75 Å². The van der Waals surface area contributed by atoms with Gasteiger partial charge in [-0.25, -0.2) is 9.78 Å². The number of anilines is 1. The number of thiazole rings is 1. The van der Waals surface area contributed by atoms with Crippen LogP contribution in [0.5, 0.6) is 5.75 Å². The summed E-state index contributed by atoms with van der Waals surface area (Å²) in [5.41, 5.74) is 1.08. The van der Waals surface area contributed by atoms with Crippen LogP contribution in [0, 0.1) is 6.92 Å². The Morgan fingerprint density at radius 2 is 2.22 bits per heavy atom. The molecule has 6 nitrogen and oxygen atoms in total. The van der Waals surface area contributed by atoms with Crippen molar-refractivity contribution in [2.45, 2.75) is 13.0 Å². The zero-order chi connectivity index (χ0) is 16.8. The number of benzene rings is 1. The third kappa shape index (κ3) is 4.94. The van der Waals surface area contributed by atoms with Crippen molar-refractivity contribution in [1.29, 1.82) is 0 Å². The fraction of sp³-hybridized carbons (Fsp3) is 0.375. The zero-order valence-corrected chi connectivity index (χ0v) is 14.6. The SMILES string of the molecule is COc1cccc([C@@H](CNC(=O)Nc2ncc(C)s2)N(C)C)c1. The van der Waals surface area contributed by atoms with Gasteiger partial charge in [0.25, 0.3) is 0 Å². The van der Waals surface area contributed by atoms with E-state index in [-0.39, 0.29) is 12.1 Å². The minimum atomic E-state index is -0.255. The van der Waals surface area contributed by atoms with Gasteiger partial charge in [0.1, 0.15) is 5.75 Å². The van der Waals surface area contributed by atoms with Crippen LogP contribution in [-0.2, 0) is 0 Å². The first-order chi connectivity index (χ1) is 11.0. The fourth-order valence-electron chi connectivity index (χ4n) is 2.19. The molecule has 0 aliphatic heterocycles. The van der Waals surface area contributed by atoms with Gasteiger partial charge in [-0.15, -0.1) is 11.3 Å². The number of carbonyl (C=O) groups is 1. The standard InChI is InChI=1S/C16H22N4O2S/c1-11-9-18-16(23-11)19-15(21)17-10-14(20(2)3)12-6-5-7-13(8-12)22-4/h5-9,14H,10H2,1-4H3,(H2,17,18,19,21)/t14-/m1/s1. The number of nitrogens with one attached hydrogen (secondary N) is 2. The van der Waals surface area contributed by atoms with E-state index in [1.807, 2.05) is 45.3 Å². The number of likely N-dealkylation sites (N-methyl/N-ethyl adjacent to an activating group) is 1. The van der Waals surface area contributed by atoms with Crippen LogP contribution in [-0.4, -0.2) is 43.7 Å². The average molecular weight is 334 g/mol. The molecule has 1 aromatic carbocycles. The number of rotatable bonds is 6. The van der Waals surface area contributed by atoms with E-state index in [1.54, 1.807) is 13.3 Å². The Kier molecular flexibility index (Phi) is 5.95. The van der Waals surface area contributed by atoms with Gasteiger partial charge in [0.15, 0.2) is 5.13 Å². The van der Waals surface area contributed by atoms with E-state index in [2.05, 4.69) is 20.5 Å². The topological polar surface area (TPSA) is 66.5 Å². The quantitative estimate of drug-likeness (QED) is 0.852. The van der Waals surface area contributed by atoms with E-state index in [0.29, 0.717) is 11.7 Å². The summed E-state index contributed by atoms with van der Waals surface area (Å²) in [6, 6.07) is 7.65. The molecular weight excluding hydrogens is 312 g/mol. The van der Waals surface area contributed by atoms with Gasteiger partial charge in [0.05, 0.1) is 13.2 Å². The van der Waals surface area contributed by atoms with Crippen molar-refractivity contribution in [3.63, 3.8) is 0 Å². The largest absolute Gasteiger partial charge is 0.497 e. The van der Waals surface area contributed by atoms with Crippen LogP contribution < -0.4 is 15.4 Å². The first-order valence-electron chi connectivity index (χ1n) is 7.27. The summed E-state index contributed by atoms with van der Waals surface area (Å²) >= 11 is 1.45. The summed E-state index contributed by atoms with van der Waals surface area (Å²) in [5, 5.41) is 6.24. The summed E-state index contributed by atoms with van der Waals surface area (Å²) in [5.74, 6) is 0.803. The molecule has 7 heteroatoms. The minimum Gasteiger partial charge on any atom is -0.497 e. The first-order valence-corrected chi connectivity index (χ1v) is 8.09. The van der Waals surface area contributed by atoms with Gasteiger partial charge in [-0.05, 0) is 38.7 Å². The molecule has 0 bridgehead atoms. The molecule has 23 heavy (non-hydrogen) atoms. The van der Waals surface area contributed by atoms with E-state index in [4.69, 9.17) is 4.74 Å². The van der Waals surface area contributed by atoms with E-state index in [1.165, 1.54) is 11.3 Å². The molecule has 2 aromatic rings. The van der Waals surface area contributed by atoms with Gasteiger partial charge in [-0.2, -0.15) is 0 Å². The van der Waals surface area contributed by atoms with Gasteiger partial charge >= 0.3 is 6.03 Å². The molecule has 1 atom stereocenters. The van der Waals surface area contributed by atoms with Gasteiger partial charge in [-0.1, -0.05) is 12.1 Å². The lowest BCUT2D eigenvalue weighted by Gasteiger charge is -2.25. The number of methoxy groups -OCH3 is 1. The molecule has 0 fully saturated rings. The molecule has 0 saturated heterocycles. The van der Waals surface area contributed by atoms with Crippen molar-refractivity contribution in [2.75, 3.05) is 33.1 Å². The van der Waals surface area contributed by atoms with Crippen LogP contribution in [0.1, 0.15) is 16.5 Å². The Balaban J connectivity index is 1.98. The molecule has 124 valence electrons. The summed E-state index contributed by atoms with van der Waals surface area (Å²) in [7, 11) is 5.60. The number of ether oxygens (including phenoxy) is 1. The highest BCUT2D eigenvalue weighted by molar-refractivity contribution is 7.15. The number of nitrogens with zero attached hydrogens (tertiary/aromatic N) is 2. The third-order valence-electron chi connectivity index (χ3n) is 3.40. The maximum atomic E-state index is 12.0. The van der Waals surface area contributed by atoms with Crippen LogP contribution in [0.3, 0.4) is 0 Å². The number of aryl methyl sites for hydroxylation is 1. The third-order valence-corrected chi connectivity index (χ3v) is 4.23. The maximum Gasteiger partial charge on any atom is 0.321 e. The zero-order valence-electron chi connectivity index (χ0n) is 13.8. The number of aromatic nitrogens is 1. The van der Waals surface area contributed by atoms with E-state index >= 15 is 0 Å². The van der Waals surface area contributed by atoms with Crippen molar-refractivity contribution in [2.24, 2.45) is 0 Å². The molecular formula is C16H22N4O2S. The molecule has 0 aliphatic rings. The molecule has 0 radical (unpaired) electrons. The lowest BCUT2D eigenvalue weighted by Crippen LogP contribution is -2.36. The number of amides is 2. The van der Waals surface area contributed by atoms with Crippen LogP contribution >= 0.6 is 11.3 Å². The van der Waals surface area contributed by atoms with Crippen molar-refractivity contribution >= 4 is 22.5 Å². The summed E-state index contributed by atoms with van der Waals surface area (Å²) in [4.78, 5) is 19.2. The number of urea groups is 1. The van der Waals surface area contributed by atoms with E-state index in [0.717, 1.165) is 16.2 Å². The molecule has 0 unspecified atom stereocenters. The molecule has 0 aliphatic carbocycles. The number of carbonyl (C=O) groups excluding carboxylic acids is 1. The smallest absolute Gasteiger partial charge is 0.321 e. The predicted octanol–water partition coefficient (Wildman–Crippen LogP) is 2.88. The van der Waals surface area contributed by atoms with Gasteiger partial charge < -0.3 is 15.0 Å². The Morgan fingerprint density at radius 3 is 2.83 bits per heavy atom. The van der Waals surface area contributed by atoms with Gasteiger partial charge in [0.2, 0.25) is 0 Å². The monoisotopic (exact) mass is 334 g/mol. The molecule has 1 aromatic heterocycles. The lowest BCUT2D eigenvalue weighted by atomic mass is 10.1. The second-order valence-electron chi connectivity index (χ2n) is 5.37. The summed E-state index contributed by atoms with van der Waals surface area (Å²) in [6.07, 6.45) is 1.74. The van der Waals surface area contributed by atoms with Gasteiger partial charge in [-0.3, -0.25) is 5.32 Å². The second-order valence-corrected chi connectivity index (χ2v) is 6.60. The minimum absolute atomic E-state index is 0.0499. The molecule has 0 spiro atoms. The summed E-state index contributed by atoms with van der Waals surface area (Å²) in [6.45, 7) is 2.43. The van der Waals surface area contributed by atoms with Crippen molar-refractivity contribution in [1.82, 2.24) is 15.2 Å². The highest BCUT2D eigenvalue weighted by Crippen LogP contribution is 2.22. The van der Waals surface area contributed by atoms with Crippen molar-refractivity contribution < 1.29 is 9.53 Å². The highest BCUT2D eigenvalue weighted by atomic mass is 32.1. The molecule has 2 N–H and O–H groups in total. The van der Waals surface area contributed by atoms with Gasteiger partial charge in [0, 0.05) is 17.6 Å². The van der Waals surface area contributed by atoms with Crippen LogP contribution in [0.4, 0.5) is 9.93 Å². The Bertz CT molecular complexity index is 657. The second kappa shape index (κ2) is 7.94. The van der Waals surface area contributed by atoms with E-state index < -0.39 is 0 Å². The normalized spacial score (nSPS) is 12.0. The Hall–Kier alpha value is -2.12. The maximum absolute atomic E-state index is 12.0. The number of hydrogen-bond acceptors (Lipinski definition) is 5. The van der Waals surface area contributed by atoms with Crippen LogP contribution in [0.25, 0.3) is 0 Å². The Labute approximate surface area is 140 Å². The highest BCUT2D eigenvalue weighted by Gasteiger charge is 2.16. The predicted molar refractivity (Wildman–Crippen MR) is 93.3 cm³/mol. The lowest BCUT2D eigenvalue weighted by molar-refractivity contribution is 0.243. The van der Waals surface area contributed by atoms with Crippen LogP contribution in [0.15, 0.2) is 30.5 Å². The molecule has 2 amide bonds. The number of hydrogen-bond donors (Lipinski definition) is 2. The first kappa shape index (κ1) is 17.2. The molecule has 2 rings (SSSR count). The van der Waals surface area contributed by atoms with Crippen LogP contribution in [0.2, 0.25) is 0 Å². The van der Waals surface area contributed by atoms with E-state index in [9.17, 15) is 4.79 Å². The van der Waals surface area contributed by atoms with Crippen molar-refractivity contribution in [3.05, 3.63) is 40.9 Å².